The Morgan fingerprint density at radius 3 is 2.04 bits per heavy atom. The van der Waals surface area contributed by atoms with Crippen LogP contribution in [0.1, 0.15) is 93.4 Å². The van der Waals surface area contributed by atoms with Crippen LogP contribution >= 0.6 is 0 Å². The van der Waals surface area contributed by atoms with Crippen LogP contribution in [0.15, 0.2) is 0 Å². The molecular formula is C32H57N5O9. The second-order valence-electron chi connectivity index (χ2n) is 12.8. The van der Waals surface area contributed by atoms with Gasteiger partial charge in [0.15, 0.2) is 0 Å². The molecule has 1 aliphatic rings. The van der Waals surface area contributed by atoms with Gasteiger partial charge in [-0.15, -0.1) is 0 Å². The molecule has 1 aliphatic heterocycles. The monoisotopic (exact) mass is 655 g/mol. The number of ether oxygens (including phenoxy) is 1. The van der Waals surface area contributed by atoms with Crippen molar-refractivity contribution in [2.45, 2.75) is 130 Å². The van der Waals surface area contributed by atoms with Crippen LogP contribution in [0.25, 0.3) is 0 Å². The number of hydrogen-bond donors (Lipinski definition) is 6. The summed E-state index contributed by atoms with van der Waals surface area (Å²) in [6, 6.07) is -5.15. The zero-order chi connectivity index (χ0) is 35.1. The first kappa shape index (κ1) is 40.8. The van der Waals surface area contributed by atoms with Crippen LogP contribution in [0, 0.1) is 17.8 Å². The topological polar surface area (TPSA) is 203 Å². The number of esters is 1. The van der Waals surface area contributed by atoms with E-state index in [1.54, 1.807) is 13.8 Å². The lowest BCUT2D eigenvalue weighted by atomic mass is 9.94. The summed E-state index contributed by atoms with van der Waals surface area (Å²) >= 11 is 0. The molecule has 0 saturated carbocycles. The number of carbonyl (C=O) groups excluding carboxylic acids is 6. The fourth-order valence-corrected chi connectivity index (χ4v) is 5.25. The standard InChI is InChI=1S/C32H57N5O9/c1-9-11-12-13-14-24-20(6)32(45)37(8)23(15-18(3)4)29(42)35-26(19(5)10-2)31(44)34-22(17-38)28(41)36-27(21(7)39)30(43)33-16-25(40)46-24/h18-24,26-27,38-39H,9-17H2,1-8H3,(H,33,43)(H,34,44)(H,35,42)(H,36,41)/t19-,20+,21+,22+,23-,24+,26-,27+/m0/s1. The van der Waals surface area contributed by atoms with Crippen molar-refractivity contribution in [1.29, 1.82) is 0 Å². The zero-order valence-electron chi connectivity index (χ0n) is 28.8. The minimum atomic E-state index is -1.53. The van der Waals surface area contributed by atoms with Gasteiger partial charge < -0.3 is 41.1 Å². The van der Waals surface area contributed by atoms with Crippen molar-refractivity contribution < 1.29 is 43.7 Å². The van der Waals surface area contributed by atoms with Crippen molar-refractivity contribution in [3.63, 3.8) is 0 Å². The van der Waals surface area contributed by atoms with Gasteiger partial charge in [-0.3, -0.25) is 28.8 Å². The number of cyclic esters (lactones) is 1. The summed E-state index contributed by atoms with van der Waals surface area (Å²) in [7, 11) is 1.50. The predicted molar refractivity (Wildman–Crippen MR) is 171 cm³/mol. The zero-order valence-corrected chi connectivity index (χ0v) is 28.8. The van der Waals surface area contributed by atoms with Crippen LogP contribution in [0.2, 0.25) is 0 Å². The number of carbonyl (C=O) groups is 6. The Hall–Kier alpha value is -3.26. The molecular weight excluding hydrogens is 598 g/mol. The number of hydrogen-bond acceptors (Lipinski definition) is 9. The van der Waals surface area contributed by atoms with Gasteiger partial charge in [0, 0.05) is 7.05 Å². The molecule has 0 aromatic carbocycles. The molecule has 1 heterocycles. The summed E-state index contributed by atoms with van der Waals surface area (Å²) < 4.78 is 5.71. The number of likely N-dealkylation sites (N-methyl/N-ethyl adjacent to an activating group) is 1. The van der Waals surface area contributed by atoms with Crippen molar-refractivity contribution >= 4 is 35.5 Å². The minimum absolute atomic E-state index is 0.00519. The number of nitrogens with zero attached hydrogens (tertiary/aromatic N) is 1. The van der Waals surface area contributed by atoms with E-state index in [0.29, 0.717) is 19.3 Å². The number of aliphatic hydroxyl groups excluding tert-OH is 2. The van der Waals surface area contributed by atoms with Gasteiger partial charge in [0.05, 0.1) is 18.6 Å². The lowest BCUT2D eigenvalue weighted by molar-refractivity contribution is -0.157. The highest BCUT2D eigenvalue weighted by Crippen LogP contribution is 2.22. The van der Waals surface area contributed by atoms with E-state index in [-0.39, 0.29) is 12.3 Å². The first-order valence-corrected chi connectivity index (χ1v) is 16.5. The van der Waals surface area contributed by atoms with Gasteiger partial charge in [0.25, 0.3) is 0 Å². The number of amides is 5. The Morgan fingerprint density at radius 1 is 0.870 bits per heavy atom. The summed E-state index contributed by atoms with van der Waals surface area (Å²) in [5, 5.41) is 30.0. The molecule has 1 fully saturated rings. The summed E-state index contributed by atoms with van der Waals surface area (Å²) in [6.07, 6.45) is 2.37. The Morgan fingerprint density at radius 2 is 1.50 bits per heavy atom. The van der Waals surface area contributed by atoms with Crippen LogP contribution in [0.5, 0.6) is 0 Å². The van der Waals surface area contributed by atoms with E-state index < -0.39 is 96.9 Å². The van der Waals surface area contributed by atoms with Gasteiger partial charge in [-0.1, -0.05) is 67.2 Å². The molecule has 0 bridgehead atoms. The number of rotatable bonds is 11. The molecule has 46 heavy (non-hydrogen) atoms. The number of nitrogens with one attached hydrogen (secondary N) is 4. The van der Waals surface area contributed by atoms with Crippen molar-refractivity contribution in [3.05, 3.63) is 0 Å². The summed E-state index contributed by atoms with van der Waals surface area (Å²) in [5.74, 6) is -5.66. The van der Waals surface area contributed by atoms with Crippen LogP contribution in [0.4, 0.5) is 0 Å². The van der Waals surface area contributed by atoms with Gasteiger partial charge >= 0.3 is 5.97 Å². The molecule has 6 N–H and O–H groups in total. The molecule has 0 unspecified atom stereocenters. The minimum Gasteiger partial charge on any atom is -0.460 e. The molecule has 5 amide bonds. The lowest BCUT2D eigenvalue weighted by Gasteiger charge is -2.34. The van der Waals surface area contributed by atoms with Gasteiger partial charge in [-0.05, 0) is 38.0 Å². The van der Waals surface area contributed by atoms with E-state index in [4.69, 9.17) is 4.74 Å². The van der Waals surface area contributed by atoms with Crippen LogP contribution in [-0.2, 0) is 33.5 Å². The van der Waals surface area contributed by atoms with Crippen LogP contribution in [-0.4, -0.2) is 107 Å². The van der Waals surface area contributed by atoms with Crippen molar-refractivity contribution in [1.82, 2.24) is 26.2 Å². The highest BCUT2D eigenvalue weighted by atomic mass is 16.5. The van der Waals surface area contributed by atoms with Gasteiger partial charge in [-0.25, -0.2) is 0 Å². The molecule has 0 aromatic rings. The second-order valence-corrected chi connectivity index (χ2v) is 12.8. The lowest BCUT2D eigenvalue weighted by Crippen LogP contribution is -2.61. The largest absolute Gasteiger partial charge is 0.460 e. The normalized spacial score (nSPS) is 27.8. The smallest absolute Gasteiger partial charge is 0.325 e. The fourth-order valence-electron chi connectivity index (χ4n) is 5.25. The highest BCUT2D eigenvalue weighted by Gasteiger charge is 2.38. The molecule has 0 aliphatic carbocycles. The second kappa shape index (κ2) is 20.1. The average Bonchev–Trinajstić information content (AvgIpc) is 3.01. The molecule has 0 spiro atoms. The maximum atomic E-state index is 13.9. The molecule has 1 saturated heterocycles. The van der Waals surface area contributed by atoms with Gasteiger partial charge in [-0.2, -0.15) is 0 Å². The summed E-state index contributed by atoms with van der Waals surface area (Å²) in [4.78, 5) is 81.3. The Balaban J connectivity index is 3.62. The van der Waals surface area contributed by atoms with Crippen molar-refractivity contribution in [2.75, 3.05) is 20.2 Å². The summed E-state index contributed by atoms with van der Waals surface area (Å²) in [5.41, 5.74) is 0. The van der Waals surface area contributed by atoms with Gasteiger partial charge in [0.2, 0.25) is 29.5 Å². The number of unbranched alkanes of at least 4 members (excludes halogenated alkanes) is 3. The van der Waals surface area contributed by atoms with E-state index in [2.05, 4.69) is 28.2 Å². The molecule has 8 atom stereocenters. The third-order valence-electron chi connectivity index (χ3n) is 8.46. The van der Waals surface area contributed by atoms with Crippen molar-refractivity contribution in [2.24, 2.45) is 17.8 Å². The van der Waals surface area contributed by atoms with E-state index in [0.717, 1.165) is 19.3 Å². The van der Waals surface area contributed by atoms with E-state index in [1.165, 1.54) is 18.9 Å². The van der Waals surface area contributed by atoms with E-state index >= 15 is 0 Å². The summed E-state index contributed by atoms with van der Waals surface area (Å²) in [6.45, 7) is 10.9. The first-order chi connectivity index (χ1) is 21.6. The Kier molecular flexibility index (Phi) is 17.8. The van der Waals surface area contributed by atoms with Gasteiger partial charge in [0.1, 0.15) is 36.8 Å². The number of aliphatic hydroxyl groups is 2. The maximum Gasteiger partial charge on any atom is 0.325 e. The molecule has 0 radical (unpaired) electrons. The first-order valence-electron chi connectivity index (χ1n) is 16.5. The predicted octanol–water partition coefficient (Wildman–Crippen LogP) is 0.381. The third-order valence-corrected chi connectivity index (χ3v) is 8.46. The quantitative estimate of drug-likeness (QED) is 0.134. The fraction of sp³-hybridized carbons (Fsp3) is 0.812. The molecule has 1 rings (SSSR count). The van der Waals surface area contributed by atoms with E-state index in [9.17, 15) is 39.0 Å². The molecule has 14 nitrogen and oxygen atoms in total. The molecule has 264 valence electrons. The molecule has 14 heteroatoms. The van der Waals surface area contributed by atoms with E-state index in [1.807, 2.05) is 20.8 Å². The Labute approximate surface area is 273 Å². The maximum absolute atomic E-state index is 13.9. The highest BCUT2D eigenvalue weighted by molar-refractivity contribution is 5.96. The molecule has 0 aromatic heterocycles. The van der Waals surface area contributed by atoms with Crippen LogP contribution < -0.4 is 21.3 Å². The third kappa shape index (κ3) is 12.5. The SMILES string of the molecule is CCCCCC[C@H]1OC(=O)CNC(=O)[C@@H]([C@@H](C)O)NC(=O)[C@@H](CO)NC(=O)[C@H]([C@@H](C)CC)NC(=O)[C@H](CC(C)C)N(C)C(=O)[C@@H]1C. The van der Waals surface area contributed by atoms with Crippen molar-refractivity contribution in [3.8, 4) is 0 Å². The average molecular weight is 656 g/mol. The van der Waals surface area contributed by atoms with Crippen LogP contribution in [0.3, 0.4) is 0 Å². The Bertz CT molecular complexity index is 1040.